The fourth-order valence-electron chi connectivity index (χ4n) is 2.29. The Kier molecular flexibility index (Phi) is 3.80. The highest BCUT2D eigenvalue weighted by Crippen LogP contribution is 2.29. The Morgan fingerprint density at radius 2 is 1.95 bits per heavy atom. The number of rotatable bonds is 3. The van der Waals surface area contributed by atoms with Crippen LogP contribution in [0.4, 0.5) is 11.4 Å². The number of benzene rings is 2. The zero-order chi connectivity index (χ0) is 14.8. The number of aryl methyl sites for hydroxylation is 1. The van der Waals surface area contributed by atoms with E-state index in [4.69, 9.17) is 4.74 Å². The van der Waals surface area contributed by atoms with E-state index < -0.39 is 0 Å². The summed E-state index contributed by atoms with van der Waals surface area (Å²) in [6.07, 6.45) is 0. The lowest BCUT2D eigenvalue weighted by Crippen LogP contribution is -1.95. The number of pyridine rings is 1. The fourth-order valence-corrected chi connectivity index (χ4v) is 2.65. The van der Waals surface area contributed by atoms with Crippen molar-refractivity contribution in [2.45, 2.75) is 6.92 Å². The van der Waals surface area contributed by atoms with E-state index >= 15 is 0 Å². The summed E-state index contributed by atoms with van der Waals surface area (Å²) in [5.74, 6) is 0.830. The second-order valence-electron chi connectivity index (χ2n) is 4.83. The molecule has 0 bridgehead atoms. The van der Waals surface area contributed by atoms with E-state index in [1.807, 2.05) is 49.4 Å². The molecule has 21 heavy (non-hydrogen) atoms. The van der Waals surface area contributed by atoms with E-state index in [1.165, 1.54) is 0 Å². The van der Waals surface area contributed by atoms with Gasteiger partial charge in [0, 0.05) is 33.0 Å². The van der Waals surface area contributed by atoms with Crippen LogP contribution in [-0.2, 0) is 0 Å². The molecule has 3 rings (SSSR count). The van der Waals surface area contributed by atoms with E-state index in [-0.39, 0.29) is 0 Å². The number of ether oxygens (including phenoxy) is 1. The molecule has 0 radical (unpaired) electrons. The van der Waals surface area contributed by atoms with Crippen molar-refractivity contribution in [3.05, 3.63) is 58.7 Å². The topological polar surface area (TPSA) is 34.1 Å². The third-order valence-corrected chi connectivity index (χ3v) is 3.74. The summed E-state index contributed by atoms with van der Waals surface area (Å²) in [5.41, 5.74) is 3.98. The van der Waals surface area contributed by atoms with Crippen molar-refractivity contribution >= 4 is 38.2 Å². The van der Waals surface area contributed by atoms with Gasteiger partial charge in [-0.3, -0.25) is 4.98 Å². The summed E-state index contributed by atoms with van der Waals surface area (Å²) in [6.45, 7) is 2.00. The summed E-state index contributed by atoms with van der Waals surface area (Å²) in [4.78, 5) is 4.57. The van der Waals surface area contributed by atoms with Crippen LogP contribution in [0.25, 0.3) is 10.9 Å². The number of halogens is 1. The zero-order valence-electron chi connectivity index (χ0n) is 11.9. The summed E-state index contributed by atoms with van der Waals surface area (Å²) in [7, 11) is 1.67. The van der Waals surface area contributed by atoms with Crippen LogP contribution >= 0.6 is 15.9 Å². The SMILES string of the molecule is COc1cccc(Nc2cc(C)nc3ccc(Br)cc23)c1. The predicted octanol–water partition coefficient (Wildman–Crippen LogP) is 5.06. The quantitative estimate of drug-likeness (QED) is 0.722. The molecule has 106 valence electrons. The van der Waals surface area contributed by atoms with Crippen LogP contribution in [0.1, 0.15) is 5.69 Å². The van der Waals surface area contributed by atoms with Crippen LogP contribution in [-0.4, -0.2) is 12.1 Å². The van der Waals surface area contributed by atoms with Gasteiger partial charge < -0.3 is 10.1 Å². The van der Waals surface area contributed by atoms with Crippen molar-refractivity contribution in [3.63, 3.8) is 0 Å². The number of aromatic nitrogens is 1. The van der Waals surface area contributed by atoms with Crippen LogP contribution in [0.2, 0.25) is 0 Å². The van der Waals surface area contributed by atoms with Crippen molar-refractivity contribution in [2.75, 3.05) is 12.4 Å². The minimum atomic E-state index is 0.830. The summed E-state index contributed by atoms with van der Waals surface area (Å²) in [6, 6.07) is 16.0. The first kappa shape index (κ1) is 13.9. The largest absolute Gasteiger partial charge is 0.497 e. The molecule has 0 aliphatic heterocycles. The predicted molar refractivity (Wildman–Crippen MR) is 90.5 cm³/mol. The van der Waals surface area contributed by atoms with Gasteiger partial charge in [0.25, 0.3) is 0 Å². The molecule has 0 saturated heterocycles. The molecule has 0 amide bonds. The maximum atomic E-state index is 5.26. The van der Waals surface area contributed by atoms with E-state index in [0.29, 0.717) is 0 Å². The molecule has 1 N–H and O–H groups in total. The molecule has 3 aromatic rings. The van der Waals surface area contributed by atoms with Crippen molar-refractivity contribution < 1.29 is 4.74 Å². The molecule has 0 aliphatic rings. The smallest absolute Gasteiger partial charge is 0.120 e. The summed E-state index contributed by atoms with van der Waals surface area (Å²) < 4.78 is 6.30. The van der Waals surface area contributed by atoms with Crippen LogP contribution in [0, 0.1) is 6.92 Å². The molecule has 0 aliphatic carbocycles. The first-order valence-corrected chi connectivity index (χ1v) is 7.43. The van der Waals surface area contributed by atoms with Gasteiger partial charge in [-0.15, -0.1) is 0 Å². The minimum absolute atomic E-state index is 0.830. The first-order chi connectivity index (χ1) is 10.2. The van der Waals surface area contributed by atoms with Crippen LogP contribution in [0.5, 0.6) is 5.75 Å². The number of fused-ring (bicyclic) bond motifs is 1. The van der Waals surface area contributed by atoms with Gasteiger partial charge in [-0.25, -0.2) is 0 Å². The zero-order valence-corrected chi connectivity index (χ0v) is 13.4. The van der Waals surface area contributed by atoms with Gasteiger partial charge in [-0.1, -0.05) is 22.0 Å². The molecular formula is C17H15BrN2O. The third-order valence-electron chi connectivity index (χ3n) is 3.25. The van der Waals surface area contributed by atoms with Gasteiger partial charge in [0.15, 0.2) is 0 Å². The average Bonchev–Trinajstić information content (AvgIpc) is 2.48. The minimum Gasteiger partial charge on any atom is -0.497 e. The third kappa shape index (κ3) is 3.00. The monoisotopic (exact) mass is 342 g/mol. The molecular weight excluding hydrogens is 328 g/mol. The van der Waals surface area contributed by atoms with Gasteiger partial charge in [-0.05, 0) is 43.3 Å². The second-order valence-corrected chi connectivity index (χ2v) is 5.75. The number of hydrogen-bond donors (Lipinski definition) is 1. The van der Waals surface area contributed by atoms with Gasteiger partial charge in [-0.2, -0.15) is 0 Å². The Morgan fingerprint density at radius 1 is 1.10 bits per heavy atom. The molecule has 1 heterocycles. The van der Waals surface area contributed by atoms with Crippen molar-refractivity contribution in [1.29, 1.82) is 0 Å². The van der Waals surface area contributed by atoms with E-state index in [0.717, 1.165) is 38.2 Å². The molecule has 0 spiro atoms. The molecule has 0 unspecified atom stereocenters. The average molecular weight is 343 g/mol. The summed E-state index contributed by atoms with van der Waals surface area (Å²) >= 11 is 3.52. The number of hydrogen-bond acceptors (Lipinski definition) is 3. The Balaban J connectivity index is 2.08. The lowest BCUT2D eigenvalue weighted by Gasteiger charge is -2.12. The van der Waals surface area contributed by atoms with E-state index in [1.54, 1.807) is 7.11 Å². The Labute approximate surface area is 132 Å². The summed E-state index contributed by atoms with van der Waals surface area (Å²) in [5, 5.41) is 4.53. The fraction of sp³-hybridized carbons (Fsp3) is 0.118. The van der Waals surface area contributed by atoms with Gasteiger partial charge in [0.2, 0.25) is 0 Å². The molecule has 2 aromatic carbocycles. The second kappa shape index (κ2) is 5.74. The highest BCUT2D eigenvalue weighted by molar-refractivity contribution is 9.10. The number of nitrogens with zero attached hydrogens (tertiary/aromatic N) is 1. The lowest BCUT2D eigenvalue weighted by atomic mass is 10.1. The Hall–Kier alpha value is -2.07. The maximum Gasteiger partial charge on any atom is 0.120 e. The highest BCUT2D eigenvalue weighted by atomic mass is 79.9. The van der Waals surface area contributed by atoms with E-state index in [2.05, 4.69) is 32.3 Å². The standard InChI is InChI=1S/C17H15BrN2O/c1-11-8-17(15-9-12(18)6-7-16(15)19-11)20-13-4-3-5-14(10-13)21-2/h3-10H,1-2H3,(H,19,20). The molecule has 0 atom stereocenters. The van der Waals surface area contributed by atoms with Gasteiger partial charge in [0.05, 0.1) is 12.6 Å². The number of methoxy groups -OCH3 is 1. The number of nitrogens with one attached hydrogen (secondary N) is 1. The first-order valence-electron chi connectivity index (χ1n) is 6.64. The van der Waals surface area contributed by atoms with Crippen molar-refractivity contribution in [2.24, 2.45) is 0 Å². The molecule has 4 heteroatoms. The van der Waals surface area contributed by atoms with Crippen LogP contribution in [0.15, 0.2) is 53.0 Å². The molecule has 0 fully saturated rings. The highest BCUT2D eigenvalue weighted by Gasteiger charge is 2.06. The molecule has 0 saturated carbocycles. The molecule has 3 nitrogen and oxygen atoms in total. The normalized spacial score (nSPS) is 10.6. The van der Waals surface area contributed by atoms with Crippen LogP contribution < -0.4 is 10.1 Å². The van der Waals surface area contributed by atoms with Crippen LogP contribution in [0.3, 0.4) is 0 Å². The maximum absolute atomic E-state index is 5.26. The van der Waals surface area contributed by atoms with Gasteiger partial charge >= 0.3 is 0 Å². The Bertz CT molecular complexity index is 802. The van der Waals surface area contributed by atoms with E-state index in [9.17, 15) is 0 Å². The number of anilines is 2. The van der Waals surface area contributed by atoms with Crippen molar-refractivity contribution in [1.82, 2.24) is 4.98 Å². The van der Waals surface area contributed by atoms with Gasteiger partial charge in [0.1, 0.15) is 5.75 Å². The lowest BCUT2D eigenvalue weighted by molar-refractivity contribution is 0.415. The molecule has 1 aromatic heterocycles. The Morgan fingerprint density at radius 3 is 2.76 bits per heavy atom. The van der Waals surface area contributed by atoms with Crippen molar-refractivity contribution in [3.8, 4) is 5.75 Å².